The highest BCUT2D eigenvalue weighted by Gasteiger charge is 2.16. The van der Waals surface area contributed by atoms with Gasteiger partial charge in [0.1, 0.15) is 0 Å². The molecule has 1 unspecified atom stereocenters. The van der Waals surface area contributed by atoms with Crippen molar-refractivity contribution in [3.05, 3.63) is 59.6 Å². The Labute approximate surface area is 135 Å². The number of para-hydroxylation sites is 1. The summed E-state index contributed by atoms with van der Waals surface area (Å²) in [6, 6.07) is 16.7. The van der Waals surface area contributed by atoms with Gasteiger partial charge in [0.25, 0.3) is 11.3 Å². The van der Waals surface area contributed by atoms with Crippen LogP contribution < -0.4 is 4.90 Å². The molecule has 0 aliphatic rings. The first-order chi connectivity index (χ1) is 10.1. The van der Waals surface area contributed by atoms with Crippen molar-refractivity contribution in [3.8, 4) is 0 Å². The number of halogens is 1. The third-order valence-corrected chi connectivity index (χ3v) is 3.96. The van der Waals surface area contributed by atoms with Gasteiger partial charge in [-0.05, 0) is 42.7 Å². The molecule has 0 aliphatic heterocycles. The largest absolute Gasteiger partial charge is 0.289 e. The second-order valence-corrected chi connectivity index (χ2v) is 5.81. The molecule has 21 heavy (non-hydrogen) atoms. The molecule has 110 valence electrons. The zero-order chi connectivity index (χ0) is 15.2. The van der Waals surface area contributed by atoms with Gasteiger partial charge in [-0.15, -0.1) is 4.40 Å². The van der Waals surface area contributed by atoms with Crippen LogP contribution in [0.2, 0.25) is 5.02 Å². The molecule has 0 saturated carbocycles. The summed E-state index contributed by atoms with van der Waals surface area (Å²) < 4.78 is 23.9. The number of anilines is 2. The topological polar surface area (TPSA) is 52.9 Å². The first-order valence-corrected chi connectivity index (χ1v) is 8.63. The number of nitrogens with zero attached hydrogens (tertiary/aromatic N) is 2. The zero-order valence-electron chi connectivity index (χ0n) is 11.1. The predicted octanol–water partition coefficient (Wildman–Crippen LogP) is 4.33. The summed E-state index contributed by atoms with van der Waals surface area (Å²) in [7, 11) is 0. The van der Waals surface area contributed by atoms with Gasteiger partial charge in [0.15, 0.2) is 5.17 Å². The molecule has 0 saturated heterocycles. The maximum Gasteiger partial charge on any atom is 0.284 e. The number of hydrogen-bond donors (Lipinski definition) is 1. The molecule has 1 atom stereocenters. The molecule has 0 radical (unpaired) electrons. The van der Waals surface area contributed by atoms with Crippen molar-refractivity contribution >= 4 is 51.2 Å². The summed E-state index contributed by atoms with van der Waals surface area (Å²) in [5, 5.41) is 1.05. The van der Waals surface area contributed by atoms with Crippen LogP contribution in [0.5, 0.6) is 0 Å². The molecule has 0 amide bonds. The molecule has 1 N–H and O–H groups in total. The fourth-order valence-corrected chi connectivity index (χ4v) is 3.00. The van der Waals surface area contributed by atoms with E-state index in [9.17, 15) is 4.21 Å². The Bertz CT molecular complexity index is 648. The Morgan fingerprint density at radius 1 is 1.14 bits per heavy atom. The number of benzene rings is 2. The second-order valence-electron chi connectivity index (χ2n) is 3.96. The number of amidine groups is 1. The van der Waals surface area contributed by atoms with E-state index in [0.717, 1.165) is 11.4 Å². The molecule has 0 heterocycles. The van der Waals surface area contributed by atoms with Gasteiger partial charge >= 0.3 is 0 Å². The van der Waals surface area contributed by atoms with Crippen LogP contribution in [0.3, 0.4) is 0 Å². The smallest absolute Gasteiger partial charge is 0.284 e. The Morgan fingerprint density at radius 3 is 2.24 bits per heavy atom. The maximum atomic E-state index is 11.1. The van der Waals surface area contributed by atoms with E-state index in [0.29, 0.717) is 10.2 Å². The first-order valence-electron chi connectivity index (χ1n) is 5.96. The van der Waals surface area contributed by atoms with Crippen molar-refractivity contribution in [2.45, 2.75) is 0 Å². The van der Waals surface area contributed by atoms with E-state index >= 15 is 0 Å². The summed E-state index contributed by atoms with van der Waals surface area (Å²) in [5.41, 5.74) is 1.66. The van der Waals surface area contributed by atoms with E-state index in [2.05, 4.69) is 4.40 Å². The fourth-order valence-electron chi connectivity index (χ4n) is 1.77. The second kappa shape index (κ2) is 7.61. The molecule has 7 heteroatoms. The fraction of sp³-hybridized carbons (Fsp3) is 0.0714. The average molecular weight is 341 g/mol. The molecular weight excluding hydrogens is 328 g/mol. The average Bonchev–Trinajstić information content (AvgIpc) is 2.49. The van der Waals surface area contributed by atoms with E-state index < -0.39 is 11.3 Å². The van der Waals surface area contributed by atoms with E-state index in [-0.39, 0.29) is 0 Å². The van der Waals surface area contributed by atoms with Gasteiger partial charge in [-0.1, -0.05) is 41.6 Å². The van der Waals surface area contributed by atoms with Gasteiger partial charge in [0.05, 0.1) is 0 Å². The minimum atomic E-state index is -2.27. The highest BCUT2D eigenvalue weighted by molar-refractivity contribution is 8.14. The summed E-state index contributed by atoms with van der Waals surface area (Å²) in [5.74, 6) is 0. The van der Waals surface area contributed by atoms with Crippen molar-refractivity contribution in [1.82, 2.24) is 0 Å². The van der Waals surface area contributed by atoms with Crippen molar-refractivity contribution < 1.29 is 8.76 Å². The third kappa shape index (κ3) is 4.31. The molecule has 0 bridgehead atoms. The van der Waals surface area contributed by atoms with Gasteiger partial charge < -0.3 is 0 Å². The number of rotatable bonds is 3. The SMILES string of the molecule is CSC(=NS(=O)O)N(c1ccccc1)c1ccc(Cl)cc1. The van der Waals surface area contributed by atoms with E-state index in [1.165, 1.54) is 11.8 Å². The summed E-state index contributed by atoms with van der Waals surface area (Å²) in [6.45, 7) is 0. The molecular formula is C14H13ClN2O2S2. The van der Waals surface area contributed by atoms with Gasteiger partial charge in [0, 0.05) is 16.4 Å². The standard InChI is InChI=1S/C14H13ClN2O2S2/c1-20-14(16-21(18)19)17(12-5-3-2-4-6-12)13-9-7-11(15)8-10-13/h2-10H,1H3,(H,18,19). The molecule has 4 nitrogen and oxygen atoms in total. The first kappa shape index (κ1) is 16.0. The van der Waals surface area contributed by atoms with Crippen LogP contribution in [0.1, 0.15) is 0 Å². The molecule has 2 rings (SSSR count). The Morgan fingerprint density at radius 2 is 1.71 bits per heavy atom. The highest BCUT2D eigenvalue weighted by Crippen LogP contribution is 2.29. The summed E-state index contributed by atoms with van der Waals surface area (Å²) in [4.78, 5) is 1.80. The van der Waals surface area contributed by atoms with Gasteiger partial charge in [-0.3, -0.25) is 9.45 Å². The van der Waals surface area contributed by atoms with Crippen molar-refractivity contribution in [2.24, 2.45) is 4.40 Å². The summed E-state index contributed by atoms with van der Waals surface area (Å²) >= 11 is 4.94. The quantitative estimate of drug-likeness (QED) is 0.513. The molecule has 2 aromatic carbocycles. The third-order valence-electron chi connectivity index (χ3n) is 2.63. The lowest BCUT2D eigenvalue weighted by Crippen LogP contribution is -2.23. The minimum Gasteiger partial charge on any atom is -0.289 e. The van der Waals surface area contributed by atoms with Crippen LogP contribution in [-0.4, -0.2) is 20.2 Å². The predicted molar refractivity (Wildman–Crippen MR) is 91.8 cm³/mol. The van der Waals surface area contributed by atoms with Gasteiger partial charge in [-0.2, -0.15) is 0 Å². The number of hydrogen-bond acceptors (Lipinski definition) is 2. The van der Waals surface area contributed by atoms with E-state index in [4.69, 9.17) is 16.2 Å². The van der Waals surface area contributed by atoms with Crippen LogP contribution in [0.25, 0.3) is 0 Å². The Hall–Kier alpha value is -1.34. The molecule has 0 aliphatic carbocycles. The minimum absolute atomic E-state index is 0.421. The lowest BCUT2D eigenvalue weighted by molar-refractivity contribution is 0.566. The van der Waals surface area contributed by atoms with Crippen molar-refractivity contribution in [1.29, 1.82) is 0 Å². The van der Waals surface area contributed by atoms with E-state index in [1.807, 2.05) is 42.5 Å². The highest BCUT2D eigenvalue weighted by atomic mass is 35.5. The van der Waals surface area contributed by atoms with Crippen LogP contribution >= 0.6 is 23.4 Å². The van der Waals surface area contributed by atoms with E-state index in [1.54, 1.807) is 23.3 Å². The summed E-state index contributed by atoms with van der Waals surface area (Å²) in [6.07, 6.45) is 1.80. The molecule has 0 spiro atoms. The zero-order valence-corrected chi connectivity index (χ0v) is 13.5. The maximum absolute atomic E-state index is 11.1. The van der Waals surface area contributed by atoms with Crippen LogP contribution in [0, 0.1) is 0 Å². The number of thioether (sulfide) groups is 1. The normalized spacial score (nSPS) is 13.0. The van der Waals surface area contributed by atoms with Crippen LogP contribution in [0.4, 0.5) is 11.4 Å². The van der Waals surface area contributed by atoms with Crippen LogP contribution in [0.15, 0.2) is 59.0 Å². The van der Waals surface area contributed by atoms with Gasteiger partial charge in [0.2, 0.25) is 0 Å². The lowest BCUT2D eigenvalue weighted by Gasteiger charge is -2.24. The Balaban J connectivity index is 2.54. The molecule has 2 aromatic rings. The monoisotopic (exact) mass is 340 g/mol. The Kier molecular flexibility index (Phi) is 5.81. The van der Waals surface area contributed by atoms with Crippen molar-refractivity contribution in [2.75, 3.05) is 11.2 Å². The molecule has 0 fully saturated rings. The van der Waals surface area contributed by atoms with Crippen molar-refractivity contribution in [3.63, 3.8) is 0 Å². The lowest BCUT2D eigenvalue weighted by atomic mass is 10.2. The molecule has 0 aromatic heterocycles. The van der Waals surface area contributed by atoms with Gasteiger partial charge in [-0.25, -0.2) is 4.21 Å². The van der Waals surface area contributed by atoms with Crippen LogP contribution in [-0.2, 0) is 11.3 Å².